The third-order valence-corrected chi connectivity index (χ3v) is 4.77. The van der Waals surface area contributed by atoms with Crippen LogP contribution in [-0.4, -0.2) is 26.9 Å². The van der Waals surface area contributed by atoms with Crippen molar-refractivity contribution in [1.82, 2.24) is 14.5 Å². The second-order valence-corrected chi connectivity index (χ2v) is 6.41. The van der Waals surface area contributed by atoms with Gasteiger partial charge in [0, 0.05) is 20.0 Å². The molecule has 1 aliphatic heterocycles. The minimum atomic E-state index is 0.0569. The topological polar surface area (TPSA) is 38.1 Å². The molecule has 0 N–H and O–H groups in total. The van der Waals surface area contributed by atoms with Gasteiger partial charge in [-0.05, 0) is 19.1 Å². The van der Waals surface area contributed by atoms with E-state index >= 15 is 0 Å². The van der Waals surface area contributed by atoms with E-state index in [0.717, 1.165) is 30.2 Å². The van der Waals surface area contributed by atoms with E-state index in [9.17, 15) is 4.79 Å². The molecular weight excluding hydrogens is 282 g/mol. The van der Waals surface area contributed by atoms with E-state index in [0.29, 0.717) is 15.8 Å². The van der Waals surface area contributed by atoms with Crippen molar-refractivity contribution in [2.45, 2.75) is 19.9 Å². The number of amides is 1. The fourth-order valence-electron chi connectivity index (χ4n) is 2.38. The Labute approximate surface area is 120 Å². The fraction of sp³-hybridized carbons (Fsp3) is 0.385. The summed E-state index contributed by atoms with van der Waals surface area (Å²) in [6.45, 7) is 3.34. The molecular formula is C13H14ClN3OS. The van der Waals surface area contributed by atoms with Crippen molar-refractivity contribution in [3.63, 3.8) is 0 Å². The SMILES string of the molecule is Cc1nc2c(n1C)CN(C(=O)c1ccc(Cl)s1)CC2. The first-order valence-electron chi connectivity index (χ1n) is 6.12. The summed E-state index contributed by atoms with van der Waals surface area (Å²) in [7, 11) is 2.00. The first-order valence-corrected chi connectivity index (χ1v) is 7.31. The lowest BCUT2D eigenvalue weighted by atomic mass is 10.1. The van der Waals surface area contributed by atoms with Crippen LogP contribution in [0.5, 0.6) is 0 Å². The molecule has 0 aliphatic carbocycles. The van der Waals surface area contributed by atoms with Gasteiger partial charge in [0.2, 0.25) is 0 Å². The Kier molecular flexibility index (Phi) is 3.11. The number of aryl methyl sites for hydroxylation is 1. The van der Waals surface area contributed by atoms with E-state index in [1.54, 1.807) is 12.1 Å². The van der Waals surface area contributed by atoms with Gasteiger partial charge in [0.25, 0.3) is 5.91 Å². The Morgan fingerprint density at radius 1 is 1.47 bits per heavy atom. The molecule has 0 aromatic carbocycles. The average Bonchev–Trinajstić information content (AvgIpc) is 2.94. The van der Waals surface area contributed by atoms with Gasteiger partial charge in [0.1, 0.15) is 5.82 Å². The van der Waals surface area contributed by atoms with Crippen LogP contribution >= 0.6 is 22.9 Å². The Hall–Kier alpha value is -1.33. The monoisotopic (exact) mass is 295 g/mol. The highest BCUT2D eigenvalue weighted by atomic mass is 35.5. The van der Waals surface area contributed by atoms with Gasteiger partial charge in [-0.1, -0.05) is 11.6 Å². The van der Waals surface area contributed by atoms with Crippen LogP contribution in [0.3, 0.4) is 0 Å². The lowest BCUT2D eigenvalue weighted by molar-refractivity contribution is 0.0735. The van der Waals surface area contributed by atoms with Crippen LogP contribution in [0.4, 0.5) is 0 Å². The van der Waals surface area contributed by atoms with Crippen molar-refractivity contribution in [3.05, 3.63) is 38.6 Å². The zero-order valence-corrected chi connectivity index (χ0v) is 12.4. The molecule has 0 unspecified atom stereocenters. The summed E-state index contributed by atoms with van der Waals surface area (Å²) in [5.74, 6) is 1.06. The highest BCUT2D eigenvalue weighted by Crippen LogP contribution is 2.25. The van der Waals surface area contributed by atoms with Crippen LogP contribution in [0.15, 0.2) is 12.1 Å². The lowest BCUT2D eigenvalue weighted by Crippen LogP contribution is -2.36. The van der Waals surface area contributed by atoms with Crippen LogP contribution in [0.25, 0.3) is 0 Å². The number of fused-ring (bicyclic) bond motifs is 1. The van der Waals surface area contributed by atoms with Crippen LogP contribution in [0, 0.1) is 6.92 Å². The van der Waals surface area contributed by atoms with Crippen molar-refractivity contribution in [2.75, 3.05) is 6.54 Å². The molecule has 3 heterocycles. The highest BCUT2D eigenvalue weighted by molar-refractivity contribution is 7.17. The number of hydrogen-bond acceptors (Lipinski definition) is 3. The summed E-state index contributed by atoms with van der Waals surface area (Å²) in [4.78, 5) is 19.5. The van der Waals surface area contributed by atoms with Gasteiger partial charge in [-0.2, -0.15) is 0 Å². The molecule has 1 aliphatic rings. The van der Waals surface area contributed by atoms with Crippen molar-refractivity contribution in [2.24, 2.45) is 7.05 Å². The molecule has 2 aromatic heterocycles. The minimum absolute atomic E-state index is 0.0569. The molecule has 0 radical (unpaired) electrons. The molecule has 100 valence electrons. The average molecular weight is 296 g/mol. The van der Waals surface area contributed by atoms with Crippen molar-refractivity contribution in [1.29, 1.82) is 0 Å². The van der Waals surface area contributed by atoms with Gasteiger partial charge in [-0.25, -0.2) is 4.98 Å². The predicted octanol–water partition coefficient (Wildman–Crippen LogP) is 2.64. The van der Waals surface area contributed by atoms with E-state index in [4.69, 9.17) is 11.6 Å². The summed E-state index contributed by atoms with van der Waals surface area (Å²) in [5, 5.41) is 0. The molecule has 0 bridgehead atoms. The Morgan fingerprint density at radius 3 is 2.95 bits per heavy atom. The van der Waals surface area contributed by atoms with Crippen LogP contribution in [0.2, 0.25) is 4.34 Å². The third kappa shape index (κ3) is 2.17. The number of hydrogen-bond donors (Lipinski definition) is 0. The zero-order chi connectivity index (χ0) is 13.6. The van der Waals surface area contributed by atoms with Gasteiger partial charge in [0.15, 0.2) is 0 Å². The van der Waals surface area contributed by atoms with Crippen LogP contribution in [-0.2, 0) is 20.0 Å². The van der Waals surface area contributed by atoms with E-state index < -0.39 is 0 Å². The number of carbonyl (C=O) groups is 1. The Morgan fingerprint density at radius 2 is 2.26 bits per heavy atom. The minimum Gasteiger partial charge on any atom is -0.334 e. The summed E-state index contributed by atoms with van der Waals surface area (Å²) in [6, 6.07) is 3.56. The molecule has 19 heavy (non-hydrogen) atoms. The van der Waals surface area contributed by atoms with E-state index in [-0.39, 0.29) is 5.91 Å². The molecule has 3 rings (SSSR count). The van der Waals surface area contributed by atoms with Crippen molar-refractivity contribution < 1.29 is 4.79 Å². The number of nitrogens with zero attached hydrogens (tertiary/aromatic N) is 3. The highest BCUT2D eigenvalue weighted by Gasteiger charge is 2.26. The number of rotatable bonds is 1. The molecule has 6 heteroatoms. The van der Waals surface area contributed by atoms with Crippen LogP contribution in [0.1, 0.15) is 26.9 Å². The number of aromatic nitrogens is 2. The van der Waals surface area contributed by atoms with Gasteiger partial charge in [-0.15, -0.1) is 11.3 Å². The third-order valence-electron chi connectivity index (χ3n) is 3.55. The molecule has 2 aromatic rings. The number of thiophene rings is 1. The predicted molar refractivity (Wildman–Crippen MR) is 75.7 cm³/mol. The quantitative estimate of drug-likeness (QED) is 0.811. The van der Waals surface area contributed by atoms with E-state index in [2.05, 4.69) is 9.55 Å². The standard InChI is InChI=1S/C13H14ClN3OS/c1-8-15-9-5-6-17(7-10(9)16(8)2)13(18)11-3-4-12(14)19-11/h3-4H,5-7H2,1-2H3. The zero-order valence-electron chi connectivity index (χ0n) is 10.8. The number of carbonyl (C=O) groups excluding carboxylic acids is 1. The maximum absolute atomic E-state index is 12.4. The van der Waals surface area contributed by atoms with E-state index in [1.807, 2.05) is 18.9 Å². The molecule has 4 nitrogen and oxygen atoms in total. The normalized spacial score (nSPS) is 14.6. The number of imidazole rings is 1. The molecule has 0 fully saturated rings. The maximum Gasteiger partial charge on any atom is 0.264 e. The summed E-state index contributed by atoms with van der Waals surface area (Å²) in [5.41, 5.74) is 2.26. The molecule has 1 amide bonds. The van der Waals surface area contributed by atoms with Gasteiger partial charge in [-0.3, -0.25) is 4.79 Å². The first kappa shape index (κ1) is 12.7. The van der Waals surface area contributed by atoms with Gasteiger partial charge >= 0.3 is 0 Å². The molecule has 0 saturated heterocycles. The smallest absolute Gasteiger partial charge is 0.264 e. The summed E-state index contributed by atoms with van der Waals surface area (Å²) in [6.07, 6.45) is 0.821. The number of halogens is 1. The Bertz CT molecular complexity index is 646. The maximum atomic E-state index is 12.4. The second kappa shape index (κ2) is 4.65. The molecule has 0 saturated carbocycles. The second-order valence-electron chi connectivity index (χ2n) is 4.69. The molecule has 0 spiro atoms. The van der Waals surface area contributed by atoms with Crippen molar-refractivity contribution >= 4 is 28.8 Å². The largest absolute Gasteiger partial charge is 0.334 e. The summed E-state index contributed by atoms with van der Waals surface area (Å²) < 4.78 is 2.72. The van der Waals surface area contributed by atoms with E-state index in [1.165, 1.54) is 11.3 Å². The molecule has 0 atom stereocenters. The van der Waals surface area contributed by atoms with Crippen molar-refractivity contribution in [3.8, 4) is 0 Å². The fourth-order valence-corrected chi connectivity index (χ4v) is 3.39. The van der Waals surface area contributed by atoms with Crippen LogP contribution < -0.4 is 0 Å². The Balaban J connectivity index is 1.85. The van der Waals surface area contributed by atoms with Gasteiger partial charge in [0.05, 0.1) is 27.1 Å². The lowest BCUT2D eigenvalue weighted by Gasteiger charge is -2.26. The first-order chi connectivity index (χ1) is 9.06. The summed E-state index contributed by atoms with van der Waals surface area (Å²) >= 11 is 7.22. The van der Waals surface area contributed by atoms with Gasteiger partial charge < -0.3 is 9.47 Å².